The lowest BCUT2D eigenvalue weighted by molar-refractivity contribution is 0.342. The molecule has 4 nitrogen and oxygen atoms in total. The predicted octanol–water partition coefficient (Wildman–Crippen LogP) is 3.47. The van der Waals surface area contributed by atoms with E-state index < -0.39 is 0 Å². The molecule has 0 amide bonds. The molecule has 2 fully saturated rings. The molecule has 3 rings (SSSR count). The Morgan fingerprint density at radius 3 is 2.58 bits per heavy atom. The molecule has 2 heterocycles. The number of piperidine rings is 1. The van der Waals surface area contributed by atoms with Crippen LogP contribution in [0.5, 0.6) is 0 Å². The summed E-state index contributed by atoms with van der Waals surface area (Å²) in [6.07, 6.45) is 5.92. The first-order chi connectivity index (χ1) is 12.8. The Balaban J connectivity index is 1.54. The van der Waals surface area contributed by atoms with Gasteiger partial charge in [0.15, 0.2) is 5.96 Å². The molecule has 1 aromatic carbocycles. The maximum Gasteiger partial charge on any atom is 0.193 e. The SMILES string of the molecule is CCNC(=NCC1CCN(CC)C1)N1CCC(=Cc2ccccc2)CC1. The van der Waals surface area contributed by atoms with Crippen molar-refractivity contribution in [1.29, 1.82) is 0 Å². The number of likely N-dealkylation sites (tertiary alicyclic amines) is 2. The molecule has 1 N–H and O–H groups in total. The van der Waals surface area contributed by atoms with Gasteiger partial charge in [-0.15, -0.1) is 0 Å². The Morgan fingerprint density at radius 2 is 1.92 bits per heavy atom. The summed E-state index contributed by atoms with van der Waals surface area (Å²) < 4.78 is 0. The van der Waals surface area contributed by atoms with Crippen LogP contribution in [0.1, 0.15) is 38.7 Å². The number of benzene rings is 1. The molecule has 0 spiro atoms. The maximum absolute atomic E-state index is 4.98. The van der Waals surface area contributed by atoms with Gasteiger partial charge in [-0.1, -0.05) is 48.9 Å². The van der Waals surface area contributed by atoms with E-state index in [4.69, 9.17) is 4.99 Å². The highest BCUT2D eigenvalue weighted by atomic mass is 15.3. The van der Waals surface area contributed by atoms with Gasteiger partial charge in [0.1, 0.15) is 0 Å². The van der Waals surface area contributed by atoms with Crippen molar-refractivity contribution < 1.29 is 0 Å². The fourth-order valence-electron chi connectivity index (χ4n) is 3.93. The zero-order valence-corrected chi connectivity index (χ0v) is 16.5. The highest BCUT2D eigenvalue weighted by molar-refractivity contribution is 5.80. The normalized spacial score (nSPS) is 21.9. The van der Waals surface area contributed by atoms with Crippen LogP contribution in [0.3, 0.4) is 0 Å². The summed E-state index contributed by atoms with van der Waals surface area (Å²) in [6, 6.07) is 10.7. The van der Waals surface area contributed by atoms with E-state index in [1.165, 1.54) is 31.6 Å². The molecule has 2 aliphatic heterocycles. The van der Waals surface area contributed by atoms with Crippen LogP contribution in [0.15, 0.2) is 40.9 Å². The molecule has 1 atom stereocenters. The average Bonchev–Trinajstić information content (AvgIpc) is 3.15. The second kappa shape index (κ2) is 9.77. The number of nitrogens with zero attached hydrogens (tertiary/aromatic N) is 3. The van der Waals surface area contributed by atoms with E-state index in [-0.39, 0.29) is 0 Å². The Labute approximate surface area is 159 Å². The van der Waals surface area contributed by atoms with Gasteiger partial charge >= 0.3 is 0 Å². The summed E-state index contributed by atoms with van der Waals surface area (Å²) in [5.74, 6) is 1.84. The molecule has 142 valence electrons. The van der Waals surface area contributed by atoms with Crippen molar-refractivity contribution in [1.82, 2.24) is 15.1 Å². The summed E-state index contributed by atoms with van der Waals surface area (Å²) in [5.41, 5.74) is 2.87. The molecule has 2 saturated heterocycles. The Morgan fingerprint density at radius 1 is 1.15 bits per heavy atom. The van der Waals surface area contributed by atoms with Gasteiger partial charge in [-0.2, -0.15) is 0 Å². The molecular weight excluding hydrogens is 320 g/mol. The van der Waals surface area contributed by atoms with Crippen molar-refractivity contribution in [3.05, 3.63) is 41.5 Å². The van der Waals surface area contributed by atoms with Crippen molar-refractivity contribution in [2.75, 3.05) is 45.8 Å². The van der Waals surface area contributed by atoms with Gasteiger partial charge in [0, 0.05) is 32.7 Å². The molecule has 2 aliphatic rings. The molecule has 0 bridgehead atoms. The van der Waals surface area contributed by atoms with Crippen LogP contribution in [0.2, 0.25) is 0 Å². The molecule has 1 unspecified atom stereocenters. The molecule has 0 saturated carbocycles. The van der Waals surface area contributed by atoms with Crippen molar-refractivity contribution in [2.24, 2.45) is 10.9 Å². The smallest absolute Gasteiger partial charge is 0.193 e. The lowest BCUT2D eigenvalue weighted by Crippen LogP contribution is -2.44. The predicted molar refractivity (Wildman–Crippen MR) is 111 cm³/mol. The van der Waals surface area contributed by atoms with Gasteiger partial charge in [0.05, 0.1) is 0 Å². The topological polar surface area (TPSA) is 30.9 Å². The number of guanidine groups is 1. The van der Waals surface area contributed by atoms with Crippen LogP contribution in [-0.4, -0.2) is 61.6 Å². The van der Waals surface area contributed by atoms with Crippen LogP contribution in [0, 0.1) is 5.92 Å². The number of hydrogen-bond donors (Lipinski definition) is 1. The first kappa shape index (κ1) is 19.0. The number of hydrogen-bond acceptors (Lipinski definition) is 2. The van der Waals surface area contributed by atoms with E-state index in [0.29, 0.717) is 0 Å². The summed E-state index contributed by atoms with van der Waals surface area (Å²) in [5, 5.41) is 3.51. The van der Waals surface area contributed by atoms with Gasteiger partial charge in [0.25, 0.3) is 0 Å². The van der Waals surface area contributed by atoms with E-state index in [0.717, 1.165) is 50.9 Å². The third-order valence-electron chi connectivity index (χ3n) is 5.53. The summed E-state index contributed by atoms with van der Waals surface area (Å²) in [7, 11) is 0. The lowest BCUT2D eigenvalue weighted by Gasteiger charge is -2.31. The third-order valence-corrected chi connectivity index (χ3v) is 5.53. The van der Waals surface area contributed by atoms with Crippen molar-refractivity contribution in [3.8, 4) is 0 Å². The summed E-state index contributed by atoms with van der Waals surface area (Å²) >= 11 is 0. The van der Waals surface area contributed by atoms with Crippen LogP contribution in [0.25, 0.3) is 6.08 Å². The summed E-state index contributed by atoms with van der Waals surface area (Å²) in [4.78, 5) is 9.96. The average molecular weight is 355 g/mol. The minimum absolute atomic E-state index is 0.724. The van der Waals surface area contributed by atoms with Gasteiger partial charge in [-0.25, -0.2) is 0 Å². The second-order valence-electron chi connectivity index (χ2n) is 7.44. The third kappa shape index (κ3) is 5.34. The maximum atomic E-state index is 4.98. The van der Waals surface area contributed by atoms with Gasteiger partial charge in [-0.05, 0) is 50.8 Å². The highest BCUT2D eigenvalue weighted by Gasteiger charge is 2.22. The Bertz CT molecular complexity index is 598. The van der Waals surface area contributed by atoms with E-state index in [2.05, 4.69) is 65.4 Å². The van der Waals surface area contributed by atoms with Crippen LogP contribution in [0.4, 0.5) is 0 Å². The minimum atomic E-state index is 0.724. The van der Waals surface area contributed by atoms with Crippen molar-refractivity contribution in [3.63, 3.8) is 0 Å². The molecule has 0 radical (unpaired) electrons. The van der Waals surface area contributed by atoms with E-state index in [1.54, 1.807) is 5.57 Å². The van der Waals surface area contributed by atoms with Crippen LogP contribution < -0.4 is 5.32 Å². The number of aliphatic imine (C=N–C) groups is 1. The van der Waals surface area contributed by atoms with Crippen molar-refractivity contribution >= 4 is 12.0 Å². The van der Waals surface area contributed by atoms with Gasteiger partial charge in [-0.3, -0.25) is 4.99 Å². The largest absolute Gasteiger partial charge is 0.357 e. The van der Waals surface area contributed by atoms with Crippen LogP contribution >= 0.6 is 0 Å². The lowest BCUT2D eigenvalue weighted by atomic mass is 10.0. The molecule has 4 heteroatoms. The molecule has 1 aromatic rings. The van der Waals surface area contributed by atoms with E-state index in [1.807, 2.05) is 0 Å². The molecule has 0 aromatic heterocycles. The fraction of sp³-hybridized carbons (Fsp3) is 0.591. The number of nitrogens with one attached hydrogen (secondary N) is 1. The second-order valence-corrected chi connectivity index (χ2v) is 7.44. The number of rotatable bonds is 5. The molecular formula is C22H34N4. The van der Waals surface area contributed by atoms with Crippen molar-refractivity contribution in [2.45, 2.75) is 33.1 Å². The highest BCUT2D eigenvalue weighted by Crippen LogP contribution is 2.20. The zero-order valence-electron chi connectivity index (χ0n) is 16.5. The fourth-order valence-corrected chi connectivity index (χ4v) is 3.93. The molecule has 0 aliphatic carbocycles. The summed E-state index contributed by atoms with van der Waals surface area (Å²) in [6.45, 7) is 12.1. The molecule has 26 heavy (non-hydrogen) atoms. The van der Waals surface area contributed by atoms with E-state index in [9.17, 15) is 0 Å². The van der Waals surface area contributed by atoms with Gasteiger partial charge < -0.3 is 15.1 Å². The first-order valence-electron chi connectivity index (χ1n) is 10.3. The quantitative estimate of drug-likeness (QED) is 0.649. The standard InChI is InChI=1S/C22H34N4/c1-3-23-22(24-17-21-10-13-25(4-2)18-21)26-14-11-20(12-15-26)16-19-8-6-5-7-9-19/h5-9,16,21H,3-4,10-15,17-18H2,1-2H3,(H,23,24). The zero-order chi connectivity index (χ0) is 18.2. The van der Waals surface area contributed by atoms with Crippen LogP contribution in [-0.2, 0) is 0 Å². The Hall–Kier alpha value is -1.81. The van der Waals surface area contributed by atoms with Gasteiger partial charge in [0.2, 0.25) is 0 Å². The van der Waals surface area contributed by atoms with E-state index >= 15 is 0 Å². The monoisotopic (exact) mass is 354 g/mol. The minimum Gasteiger partial charge on any atom is -0.357 e. The first-order valence-corrected chi connectivity index (χ1v) is 10.3. The Kier molecular flexibility index (Phi) is 7.13.